The largest absolute Gasteiger partial charge is 0.301 e. The molecular weight excluding hydrogens is 350 g/mol. The second kappa shape index (κ2) is 8.44. The van der Waals surface area contributed by atoms with E-state index >= 15 is 0 Å². The zero-order valence-corrected chi connectivity index (χ0v) is 14.7. The molecule has 0 saturated heterocycles. The molecule has 6 nitrogen and oxygen atoms in total. The van der Waals surface area contributed by atoms with E-state index in [9.17, 15) is 14.9 Å². The summed E-state index contributed by atoms with van der Waals surface area (Å²) in [6.07, 6.45) is 1.34. The first-order chi connectivity index (χ1) is 12.6. The van der Waals surface area contributed by atoms with E-state index in [1.807, 2.05) is 30.3 Å². The minimum absolute atomic E-state index is 0.0843. The van der Waals surface area contributed by atoms with Crippen molar-refractivity contribution in [2.75, 3.05) is 5.75 Å². The maximum absolute atomic E-state index is 11.9. The van der Waals surface area contributed by atoms with Crippen molar-refractivity contribution >= 4 is 17.4 Å². The molecule has 1 N–H and O–H groups in total. The predicted molar refractivity (Wildman–Crippen MR) is 102 cm³/mol. The molecule has 0 saturated carbocycles. The topological polar surface area (TPSA) is 88.9 Å². The van der Waals surface area contributed by atoms with E-state index in [0.717, 1.165) is 29.0 Å². The average Bonchev–Trinajstić information content (AvgIpc) is 2.62. The Morgan fingerprint density at radius 2 is 1.77 bits per heavy atom. The summed E-state index contributed by atoms with van der Waals surface area (Å²) in [7, 11) is 0. The number of benzene rings is 2. The lowest BCUT2D eigenvalue weighted by atomic mass is 10.1. The molecule has 0 aliphatic heterocycles. The molecule has 0 fully saturated rings. The molecule has 1 aromatic heterocycles. The molecule has 2 aromatic carbocycles. The van der Waals surface area contributed by atoms with Crippen molar-refractivity contribution in [2.24, 2.45) is 0 Å². The van der Waals surface area contributed by atoms with Crippen LogP contribution in [0, 0.1) is 10.1 Å². The zero-order chi connectivity index (χ0) is 18.4. The van der Waals surface area contributed by atoms with E-state index in [-0.39, 0.29) is 11.2 Å². The summed E-state index contributed by atoms with van der Waals surface area (Å²) in [6.45, 7) is 0. The molecule has 3 aromatic rings. The number of aryl methyl sites for hydroxylation is 1. The van der Waals surface area contributed by atoms with Crippen molar-refractivity contribution in [2.45, 2.75) is 18.0 Å². The number of aromatic amines is 1. The van der Waals surface area contributed by atoms with Crippen LogP contribution < -0.4 is 5.56 Å². The van der Waals surface area contributed by atoms with Gasteiger partial charge in [0, 0.05) is 30.4 Å². The molecule has 26 heavy (non-hydrogen) atoms. The van der Waals surface area contributed by atoms with Gasteiger partial charge in [0.05, 0.1) is 10.6 Å². The summed E-state index contributed by atoms with van der Waals surface area (Å²) < 4.78 is 0. The Bertz CT molecular complexity index is 940. The van der Waals surface area contributed by atoms with Gasteiger partial charge in [-0.15, -0.1) is 0 Å². The predicted octanol–water partition coefficient (Wildman–Crippen LogP) is 3.60. The number of nitro groups is 1. The fraction of sp³-hybridized carbons (Fsp3) is 0.158. The van der Waals surface area contributed by atoms with Crippen LogP contribution in [0.3, 0.4) is 0 Å². The molecule has 1 heterocycles. The van der Waals surface area contributed by atoms with E-state index in [1.165, 1.54) is 30.0 Å². The molecule has 0 aliphatic rings. The number of hydrogen-bond acceptors (Lipinski definition) is 5. The molecule has 132 valence electrons. The highest BCUT2D eigenvalue weighted by molar-refractivity contribution is 7.99. The lowest BCUT2D eigenvalue weighted by Gasteiger charge is -2.05. The first-order valence-corrected chi connectivity index (χ1v) is 9.09. The zero-order valence-electron chi connectivity index (χ0n) is 13.9. The SMILES string of the molecule is O=c1cc(Cc2ccccc2)nc(SCCc2ccc([N+](=O)[O-])cc2)[nH]1. The summed E-state index contributed by atoms with van der Waals surface area (Å²) in [5.74, 6) is 0.718. The van der Waals surface area contributed by atoms with Crippen LogP contribution in [0.25, 0.3) is 0 Å². The van der Waals surface area contributed by atoms with Crippen LogP contribution in [-0.2, 0) is 12.8 Å². The number of thioether (sulfide) groups is 1. The van der Waals surface area contributed by atoms with Gasteiger partial charge in [-0.05, 0) is 17.5 Å². The lowest BCUT2D eigenvalue weighted by Crippen LogP contribution is -2.10. The number of non-ortho nitro benzene ring substituents is 1. The smallest absolute Gasteiger partial charge is 0.269 e. The minimum Gasteiger partial charge on any atom is -0.301 e. The Morgan fingerprint density at radius 3 is 2.46 bits per heavy atom. The van der Waals surface area contributed by atoms with Crippen LogP contribution in [0.1, 0.15) is 16.8 Å². The Morgan fingerprint density at radius 1 is 1.04 bits per heavy atom. The average molecular weight is 367 g/mol. The first kappa shape index (κ1) is 17.9. The number of rotatable bonds is 7. The fourth-order valence-corrected chi connectivity index (χ4v) is 3.38. The van der Waals surface area contributed by atoms with Gasteiger partial charge >= 0.3 is 0 Å². The molecule has 0 amide bonds. The highest BCUT2D eigenvalue weighted by Crippen LogP contribution is 2.17. The van der Waals surface area contributed by atoms with Crippen LogP contribution in [0.5, 0.6) is 0 Å². The number of nitro benzene ring substituents is 1. The van der Waals surface area contributed by atoms with Gasteiger partial charge in [-0.2, -0.15) is 0 Å². The van der Waals surface area contributed by atoms with Crippen LogP contribution in [0.15, 0.2) is 70.6 Å². The maximum Gasteiger partial charge on any atom is 0.269 e. The highest BCUT2D eigenvalue weighted by atomic mass is 32.2. The fourth-order valence-electron chi connectivity index (χ4n) is 2.50. The summed E-state index contributed by atoms with van der Waals surface area (Å²) >= 11 is 1.46. The van der Waals surface area contributed by atoms with Gasteiger partial charge in [0.1, 0.15) is 0 Å². The molecule has 0 atom stereocenters. The van der Waals surface area contributed by atoms with Crippen molar-refractivity contribution in [1.82, 2.24) is 9.97 Å². The highest BCUT2D eigenvalue weighted by Gasteiger charge is 2.06. The van der Waals surface area contributed by atoms with Crippen LogP contribution >= 0.6 is 11.8 Å². The lowest BCUT2D eigenvalue weighted by molar-refractivity contribution is -0.384. The molecule has 0 spiro atoms. The summed E-state index contributed by atoms with van der Waals surface area (Å²) in [5.41, 5.74) is 2.76. The number of nitrogens with one attached hydrogen (secondary N) is 1. The minimum atomic E-state index is -0.411. The maximum atomic E-state index is 11.9. The molecular formula is C19H17N3O3S. The number of H-pyrrole nitrogens is 1. The van der Waals surface area contributed by atoms with Gasteiger partial charge in [0.25, 0.3) is 11.2 Å². The van der Waals surface area contributed by atoms with Gasteiger partial charge in [0.15, 0.2) is 5.16 Å². The van der Waals surface area contributed by atoms with Crippen LogP contribution in [0.4, 0.5) is 5.69 Å². The van der Waals surface area contributed by atoms with Gasteiger partial charge in [-0.25, -0.2) is 4.98 Å². The van der Waals surface area contributed by atoms with E-state index in [1.54, 1.807) is 12.1 Å². The third-order valence-corrected chi connectivity index (χ3v) is 4.65. The molecule has 7 heteroatoms. The first-order valence-electron chi connectivity index (χ1n) is 8.10. The van der Waals surface area contributed by atoms with Crippen molar-refractivity contribution in [3.05, 3.63) is 98.0 Å². The summed E-state index contributed by atoms with van der Waals surface area (Å²) in [6, 6.07) is 17.9. The third-order valence-electron chi connectivity index (χ3n) is 3.78. The van der Waals surface area contributed by atoms with Gasteiger partial charge in [-0.3, -0.25) is 14.9 Å². The number of hydrogen-bond donors (Lipinski definition) is 1. The Kier molecular flexibility index (Phi) is 5.80. The monoisotopic (exact) mass is 367 g/mol. The van der Waals surface area contributed by atoms with E-state index in [0.29, 0.717) is 11.6 Å². The van der Waals surface area contributed by atoms with Crippen molar-refractivity contribution < 1.29 is 4.92 Å². The Labute approximate surface area is 154 Å². The van der Waals surface area contributed by atoms with Crippen molar-refractivity contribution in [3.8, 4) is 0 Å². The van der Waals surface area contributed by atoms with Crippen molar-refractivity contribution in [3.63, 3.8) is 0 Å². The Hall–Kier alpha value is -2.93. The van der Waals surface area contributed by atoms with Gasteiger partial charge in [-0.1, -0.05) is 54.2 Å². The van der Waals surface area contributed by atoms with E-state index in [2.05, 4.69) is 9.97 Å². The van der Waals surface area contributed by atoms with Gasteiger partial charge in [0.2, 0.25) is 0 Å². The van der Waals surface area contributed by atoms with Crippen LogP contribution in [0.2, 0.25) is 0 Å². The summed E-state index contributed by atoms with van der Waals surface area (Å²) in [4.78, 5) is 29.4. The molecule has 0 aliphatic carbocycles. The van der Waals surface area contributed by atoms with Crippen molar-refractivity contribution in [1.29, 1.82) is 0 Å². The van der Waals surface area contributed by atoms with E-state index < -0.39 is 4.92 Å². The quantitative estimate of drug-likeness (QED) is 0.298. The second-order valence-corrected chi connectivity index (χ2v) is 6.81. The molecule has 0 bridgehead atoms. The molecule has 0 unspecified atom stereocenters. The molecule has 3 rings (SSSR count). The van der Waals surface area contributed by atoms with E-state index in [4.69, 9.17) is 0 Å². The number of aromatic nitrogens is 2. The number of nitrogens with zero attached hydrogens (tertiary/aromatic N) is 2. The normalized spacial score (nSPS) is 10.6. The standard InChI is InChI=1S/C19H17N3O3S/c23-18-13-16(12-15-4-2-1-3-5-15)20-19(21-18)26-11-10-14-6-8-17(9-7-14)22(24)25/h1-9,13H,10-12H2,(H,20,21,23). The van der Waals surface area contributed by atoms with Gasteiger partial charge < -0.3 is 4.98 Å². The second-order valence-electron chi connectivity index (χ2n) is 5.73. The third kappa shape index (κ3) is 5.03. The van der Waals surface area contributed by atoms with Crippen LogP contribution in [-0.4, -0.2) is 20.6 Å². The Balaban J connectivity index is 1.61. The molecule has 0 radical (unpaired) electrons. The summed E-state index contributed by atoms with van der Waals surface area (Å²) in [5, 5.41) is 11.3.